The van der Waals surface area contributed by atoms with Crippen molar-refractivity contribution in [3.63, 3.8) is 0 Å². The molecule has 0 aliphatic rings. The second-order valence-electron chi connectivity index (χ2n) is 3.51. The summed E-state index contributed by atoms with van der Waals surface area (Å²) in [6.07, 6.45) is 0.242. The van der Waals surface area contributed by atoms with Crippen LogP contribution in [-0.4, -0.2) is 13.0 Å². The van der Waals surface area contributed by atoms with E-state index in [1.54, 1.807) is 7.11 Å². The number of nitrogens with two attached hydrogens (primary N) is 1. The lowest BCUT2D eigenvalue weighted by Crippen LogP contribution is -2.31. The van der Waals surface area contributed by atoms with E-state index in [1.165, 1.54) is 0 Å². The van der Waals surface area contributed by atoms with Crippen LogP contribution in [0.2, 0.25) is 0 Å². The topological polar surface area (TPSA) is 64.3 Å². The van der Waals surface area contributed by atoms with Gasteiger partial charge in [0.05, 0.1) is 13.5 Å². The second kappa shape index (κ2) is 4.79. The van der Waals surface area contributed by atoms with E-state index in [2.05, 4.69) is 5.43 Å². The van der Waals surface area contributed by atoms with Gasteiger partial charge in [-0.2, -0.15) is 0 Å². The van der Waals surface area contributed by atoms with Crippen molar-refractivity contribution in [2.45, 2.75) is 20.3 Å². The van der Waals surface area contributed by atoms with Crippen LogP contribution in [0.4, 0.5) is 0 Å². The number of ether oxygens (including phenoxy) is 1. The molecule has 1 aromatic rings. The summed E-state index contributed by atoms with van der Waals surface area (Å²) in [5, 5.41) is 0. The minimum atomic E-state index is -0.222. The molecule has 0 atom stereocenters. The van der Waals surface area contributed by atoms with E-state index in [9.17, 15) is 4.79 Å². The van der Waals surface area contributed by atoms with E-state index >= 15 is 0 Å². The van der Waals surface area contributed by atoms with Gasteiger partial charge in [-0.3, -0.25) is 10.2 Å². The van der Waals surface area contributed by atoms with Crippen LogP contribution in [0.3, 0.4) is 0 Å². The molecule has 0 aromatic heterocycles. The zero-order chi connectivity index (χ0) is 11.4. The van der Waals surface area contributed by atoms with Crippen LogP contribution in [0, 0.1) is 13.8 Å². The second-order valence-corrected chi connectivity index (χ2v) is 3.51. The van der Waals surface area contributed by atoms with Gasteiger partial charge in [0.1, 0.15) is 5.75 Å². The summed E-state index contributed by atoms with van der Waals surface area (Å²) in [6, 6.07) is 3.92. The van der Waals surface area contributed by atoms with Gasteiger partial charge in [0.25, 0.3) is 0 Å². The van der Waals surface area contributed by atoms with Crippen LogP contribution < -0.4 is 16.0 Å². The molecule has 0 spiro atoms. The number of hydrazine groups is 1. The van der Waals surface area contributed by atoms with E-state index in [0.717, 1.165) is 22.4 Å². The fourth-order valence-corrected chi connectivity index (χ4v) is 1.58. The number of rotatable bonds is 3. The number of hydrogen-bond acceptors (Lipinski definition) is 3. The molecule has 0 bridgehead atoms. The zero-order valence-electron chi connectivity index (χ0n) is 9.26. The van der Waals surface area contributed by atoms with Crippen molar-refractivity contribution in [3.8, 4) is 5.75 Å². The Hall–Kier alpha value is -1.55. The molecule has 1 amide bonds. The van der Waals surface area contributed by atoms with Gasteiger partial charge in [0, 0.05) is 5.56 Å². The maximum absolute atomic E-state index is 11.2. The number of carbonyl (C=O) groups is 1. The SMILES string of the molecule is COc1cc(C)cc(C)c1CC(=O)NN. The molecule has 1 rings (SSSR count). The number of benzene rings is 1. The quantitative estimate of drug-likeness (QED) is 0.439. The van der Waals surface area contributed by atoms with Crippen molar-refractivity contribution in [1.29, 1.82) is 0 Å². The fourth-order valence-electron chi connectivity index (χ4n) is 1.58. The Morgan fingerprint density at radius 2 is 2.13 bits per heavy atom. The molecule has 0 saturated heterocycles. The maximum atomic E-state index is 11.2. The summed E-state index contributed by atoms with van der Waals surface area (Å²) >= 11 is 0. The average molecular weight is 208 g/mol. The minimum Gasteiger partial charge on any atom is -0.496 e. The number of hydrogen-bond donors (Lipinski definition) is 2. The standard InChI is InChI=1S/C11H16N2O2/c1-7-4-8(2)9(6-11(14)13-12)10(5-7)15-3/h4-5H,6,12H2,1-3H3,(H,13,14). The lowest BCUT2D eigenvalue weighted by Gasteiger charge is -2.12. The molecule has 0 aliphatic carbocycles. The summed E-state index contributed by atoms with van der Waals surface area (Å²) in [4.78, 5) is 11.2. The molecule has 82 valence electrons. The first-order valence-electron chi connectivity index (χ1n) is 4.72. The fraction of sp³-hybridized carbons (Fsp3) is 0.364. The van der Waals surface area contributed by atoms with Crippen LogP contribution in [0.25, 0.3) is 0 Å². The predicted octanol–water partition coefficient (Wildman–Crippen LogP) is 0.844. The van der Waals surface area contributed by atoms with E-state index in [4.69, 9.17) is 10.6 Å². The molecule has 3 N–H and O–H groups in total. The van der Waals surface area contributed by atoms with Crippen LogP contribution >= 0.6 is 0 Å². The Kier molecular flexibility index (Phi) is 3.68. The normalized spacial score (nSPS) is 9.87. The Bertz CT molecular complexity index is 375. The summed E-state index contributed by atoms with van der Waals surface area (Å²) in [5.41, 5.74) is 5.14. The van der Waals surface area contributed by atoms with Crippen LogP contribution in [0.1, 0.15) is 16.7 Å². The Balaban J connectivity index is 3.09. The van der Waals surface area contributed by atoms with Crippen molar-refractivity contribution in [2.24, 2.45) is 5.84 Å². The van der Waals surface area contributed by atoms with Gasteiger partial charge < -0.3 is 4.74 Å². The molecule has 0 unspecified atom stereocenters. The monoisotopic (exact) mass is 208 g/mol. The first-order valence-corrected chi connectivity index (χ1v) is 4.72. The lowest BCUT2D eigenvalue weighted by molar-refractivity contribution is -0.120. The van der Waals surface area contributed by atoms with Gasteiger partial charge in [-0.05, 0) is 31.0 Å². The van der Waals surface area contributed by atoms with Crippen molar-refractivity contribution < 1.29 is 9.53 Å². The number of carbonyl (C=O) groups excluding carboxylic acids is 1. The lowest BCUT2D eigenvalue weighted by atomic mass is 10.0. The number of methoxy groups -OCH3 is 1. The van der Waals surface area contributed by atoms with Crippen LogP contribution in [0.5, 0.6) is 5.75 Å². The third-order valence-corrected chi connectivity index (χ3v) is 2.29. The number of nitrogens with one attached hydrogen (secondary N) is 1. The highest BCUT2D eigenvalue weighted by molar-refractivity contribution is 5.79. The Morgan fingerprint density at radius 1 is 1.47 bits per heavy atom. The summed E-state index contributed by atoms with van der Waals surface area (Å²) in [7, 11) is 1.60. The molecule has 0 aliphatic heterocycles. The first kappa shape index (κ1) is 11.5. The van der Waals surface area contributed by atoms with Crippen LogP contribution in [-0.2, 0) is 11.2 Å². The molecule has 0 radical (unpaired) electrons. The summed E-state index contributed by atoms with van der Waals surface area (Å²) < 4.78 is 5.23. The first-order chi connectivity index (χ1) is 7.08. The van der Waals surface area contributed by atoms with Crippen LogP contribution in [0.15, 0.2) is 12.1 Å². The molecule has 1 aromatic carbocycles. The predicted molar refractivity (Wildman–Crippen MR) is 58.5 cm³/mol. The maximum Gasteiger partial charge on any atom is 0.238 e. The van der Waals surface area contributed by atoms with Gasteiger partial charge in [-0.15, -0.1) is 0 Å². The van der Waals surface area contributed by atoms with Crippen molar-refractivity contribution in [3.05, 3.63) is 28.8 Å². The van der Waals surface area contributed by atoms with Crippen molar-refractivity contribution in [2.75, 3.05) is 7.11 Å². The highest BCUT2D eigenvalue weighted by Crippen LogP contribution is 2.24. The molecule has 15 heavy (non-hydrogen) atoms. The van der Waals surface area contributed by atoms with Crippen molar-refractivity contribution >= 4 is 5.91 Å². The van der Waals surface area contributed by atoms with Gasteiger partial charge in [0.15, 0.2) is 0 Å². The van der Waals surface area contributed by atoms with Gasteiger partial charge >= 0.3 is 0 Å². The highest BCUT2D eigenvalue weighted by Gasteiger charge is 2.11. The smallest absolute Gasteiger partial charge is 0.238 e. The van der Waals surface area contributed by atoms with Gasteiger partial charge in [0.2, 0.25) is 5.91 Å². The van der Waals surface area contributed by atoms with E-state index in [0.29, 0.717) is 0 Å². The zero-order valence-corrected chi connectivity index (χ0v) is 9.26. The van der Waals surface area contributed by atoms with E-state index < -0.39 is 0 Å². The Labute approximate surface area is 89.4 Å². The van der Waals surface area contributed by atoms with E-state index in [1.807, 2.05) is 26.0 Å². The Morgan fingerprint density at radius 3 is 2.67 bits per heavy atom. The molecule has 4 heteroatoms. The van der Waals surface area contributed by atoms with E-state index in [-0.39, 0.29) is 12.3 Å². The third-order valence-electron chi connectivity index (χ3n) is 2.29. The molecule has 4 nitrogen and oxygen atoms in total. The van der Waals surface area contributed by atoms with Gasteiger partial charge in [-0.25, -0.2) is 5.84 Å². The number of aryl methyl sites for hydroxylation is 2. The summed E-state index contributed by atoms with van der Waals surface area (Å²) in [5.74, 6) is 5.56. The largest absolute Gasteiger partial charge is 0.496 e. The van der Waals surface area contributed by atoms with Gasteiger partial charge in [-0.1, -0.05) is 6.07 Å². The molecular formula is C11H16N2O2. The summed E-state index contributed by atoms with van der Waals surface area (Å²) in [6.45, 7) is 3.94. The highest BCUT2D eigenvalue weighted by atomic mass is 16.5. The number of amides is 1. The molecule has 0 heterocycles. The minimum absolute atomic E-state index is 0.222. The molecular weight excluding hydrogens is 192 g/mol. The molecule has 0 saturated carbocycles. The average Bonchev–Trinajstić information content (AvgIpc) is 2.21. The third kappa shape index (κ3) is 2.70. The molecule has 0 fully saturated rings. The van der Waals surface area contributed by atoms with Crippen molar-refractivity contribution in [1.82, 2.24) is 5.43 Å².